The number of nitrogens with zero attached hydrogens (tertiary/aromatic N) is 2. The summed E-state index contributed by atoms with van der Waals surface area (Å²) in [6.45, 7) is 9.40. The monoisotopic (exact) mass is 387 g/mol. The second-order valence-corrected chi connectivity index (χ2v) is 7.08. The zero-order chi connectivity index (χ0) is 15.9. The van der Waals surface area contributed by atoms with Crippen molar-refractivity contribution in [3.8, 4) is 0 Å². The van der Waals surface area contributed by atoms with Crippen molar-refractivity contribution in [1.82, 2.24) is 10.2 Å². The summed E-state index contributed by atoms with van der Waals surface area (Å²) >= 11 is 0. The van der Waals surface area contributed by atoms with Crippen molar-refractivity contribution in [3.63, 3.8) is 0 Å². The molecule has 1 atom stereocenters. The molecule has 0 saturated carbocycles. The molecule has 2 heterocycles. The van der Waals surface area contributed by atoms with Crippen LogP contribution in [0.4, 0.5) is 5.69 Å². The van der Waals surface area contributed by atoms with Gasteiger partial charge in [0.1, 0.15) is 0 Å². The summed E-state index contributed by atoms with van der Waals surface area (Å²) in [4.78, 5) is 5.22. The van der Waals surface area contributed by atoms with Crippen LogP contribution in [-0.4, -0.2) is 44.2 Å². The Bertz CT molecular complexity index is 455. The van der Waals surface area contributed by atoms with Gasteiger partial charge in [-0.2, -0.15) is 0 Å². The molecule has 0 amide bonds. The van der Waals surface area contributed by atoms with E-state index in [1.165, 1.54) is 76.0 Å². The standard InChI is InChI=1S/C20H33N3.2ClH/c1-2-3-4-7-20(23-16-12-21-13-17-23)18-8-10-19(11-9-18)22-14-5-6-15-22;;/h8-11,20-21H,2-7,12-17H2,1H3;2*1H/t20-;;/m1../s1. The maximum Gasteiger partial charge on any atom is 0.0366 e. The third-order valence-corrected chi connectivity index (χ3v) is 5.42. The lowest BCUT2D eigenvalue weighted by Gasteiger charge is -2.35. The van der Waals surface area contributed by atoms with Gasteiger partial charge in [0.15, 0.2) is 0 Å². The molecule has 0 spiro atoms. The minimum atomic E-state index is 0. The first kappa shape index (κ1) is 22.6. The normalized spacial score (nSPS) is 19.2. The number of piperazine rings is 1. The second-order valence-electron chi connectivity index (χ2n) is 7.08. The van der Waals surface area contributed by atoms with Crippen molar-refractivity contribution in [2.24, 2.45) is 0 Å². The molecule has 0 unspecified atom stereocenters. The van der Waals surface area contributed by atoms with Crippen LogP contribution < -0.4 is 10.2 Å². The fraction of sp³-hybridized carbons (Fsp3) is 0.700. The Hall–Kier alpha value is -0.480. The van der Waals surface area contributed by atoms with E-state index in [9.17, 15) is 0 Å². The van der Waals surface area contributed by atoms with Gasteiger partial charge in [0, 0.05) is 51.0 Å². The largest absolute Gasteiger partial charge is 0.372 e. The van der Waals surface area contributed by atoms with Crippen LogP contribution in [0.3, 0.4) is 0 Å². The van der Waals surface area contributed by atoms with E-state index in [1.54, 1.807) is 0 Å². The van der Waals surface area contributed by atoms with Crippen molar-refractivity contribution in [1.29, 1.82) is 0 Å². The predicted molar refractivity (Wildman–Crippen MR) is 114 cm³/mol. The molecular formula is C20H35Cl2N3. The van der Waals surface area contributed by atoms with Crippen molar-refractivity contribution < 1.29 is 0 Å². The first-order chi connectivity index (χ1) is 11.4. The lowest BCUT2D eigenvalue weighted by atomic mass is 9.97. The second kappa shape index (κ2) is 12.0. The maximum atomic E-state index is 3.49. The highest BCUT2D eigenvalue weighted by Crippen LogP contribution is 2.29. The highest BCUT2D eigenvalue weighted by atomic mass is 35.5. The number of rotatable bonds is 7. The van der Waals surface area contributed by atoms with Crippen LogP contribution >= 0.6 is 24.8 Å². The molecule has 2 aliphatic rings. The third-order valence-electron chi connectivity index (χ3n) is 5.42. The Labute approximate surface area is 166 Å². The third kappa shape index (κ3) is 6.32. The van der Waals surface area contributed by atoms with Gasteiger partial charge in [-0.25, -0.2) is 0 Å². The minimum absolute atomic E-state index is 0. The van der Waals surface area contributed by atoms with Gasteiger partial charge in [0.2, 0.25) is 0 Å². The first-order valence-electron chi connectivity index (χ1n) is 9.68. The Morgan fingerprint density at radius 2 is 1.56 bits per heavy atom. The minimum Gasteiger partial charge on any atom is -0.372 e. The summed E-state index contributed by atoms with van der Waals surface area (Å²) in [5.74, 6) is 0. The summed E-state index contributed by atoms with van der Waals surface area (Å²) in [6, 6.07) is 10.1. The molecule has 0 radical (unpaired) electrons. The topological polar surface area (TPSA) is 18.5 Å². The average Bonchev–Trinajstić information content (AvgIpc) is 3.14. The number of anilines is 1. The Morgan fingerprint density at radius 3 is 2.16 bits per heavy atom. The van der Waals surface area contributed by atoms with Crippen molar-refractivity contribution in [2.75, 3.05) is 44.2 Å². The van der Waals surface area contributed by atoms with Crippen molar-refractivity contribution in [2.45, 2.75) is 51.5 Å². The molecule has 144 valence electrons. The zero-order valence-electron chi connectivity index (χ0n) is 15.6. The molecule has 0 bridgehead atoms. The van der Waals surface area contributed by atoms with Gasteiger partial charge < -0.3 is 10.2 Å². The molecule has 0 aliphatic carbocycles. The van der Waals surface area contributed by atoms with Crippen LogP contribution in [0, 0.1) is 0 Å². The van der Waals surface area contributed by atoms with Crippen LogP contribution in [0.5, 0.6) is 0 Å². The lowest BCUT2D eigenvalue weighted by Crippen LogP contribution is -2.45. The van der Waals surface area contributed by atoms with E-state index in [0.717, 1.165) is 13.1 Å². The molecule has 2 fully saturated rings. The van der Waals surface area contributed by atoms with Crippen LogP contribution in [-0.2, 0) is 0 Å². The van der Waals surface area contributed by atoms with Gasteiger partial charge in [-0.05, 0) is 37.0 Å². The number of unbranched alkanes of at least 4 members (excludes halogenated alkanes) is 2. The fourth-order valence-electron chi connectivity index (χ4n) is 4.02. The highest BCUT2D eigenvalue weighted by molar-refractivity contribution is 5.85. The number of hydrogen-bond donors (Lipinski definition) is 1. The van der Waals surface area contributed by atoms with E-state index in [-0.39, 0.29) is 24.8 Å². The van der Waals surface area contributed by atoms with Gasteiger partial charge >= 0.3 is 0 Å². The van der Waals surface area contributed by atoms with Gasteiger partial charge in [-0.15, -0.1) is 24.8 Å². The number of hydrogen-bond acceptors (Lipinski definition) is 3. The van der Waals surface area contributed by atoms with Crippen LogP contribution in [0.1, 0.15) is 57.1 Å². The van der Waals surface area contributed by atoms with Gasteiger partial charge in [0.05, 0.1) is 0 Å². The lowest BCUT2D eigenvalue weighted by molar-refractivity contribution is 0.163. The molecule has 25 heavy (non-hydrogen) atoms. The van der Waals surface area contributed by atoms with E-state index < -0.39 is 0 Å². The number of benzene rings is 1. The van der Waals surface area contributed by atoms with Crippen molar-refractivity contribution >= 4 is 30.5 Å². The van der Waals surface area contributed by atoms with E-state index in [2.05, 4.69) is 46.3 Å². The molecule has 1 aromatic rings. The average molecular weight is 388 g/mol. The molecule has 0 aromatic heterocycles. The van der Waals surface area contributed by atoms with Crippen LogP contribution in [0.25, 0.3) is 0 Å². The molecule has 2 aliphatic heterocycles. The Balaban J connectivity index is 0.00000156. The predicted octanol–water partition coefficient (Wildman–Crippen LogP) is 4.66. The molecule has 1 N–H and O–H groups in total. The van der Waals surface area contributed by atoms with Crippen LogP contribution in [0.15, 0.2) is 24.3 Å². The van der Waals surface area contributed by atoms with Gasteiger partial charge in [0.25, 0.3) is 0 Å². The molecule has 2 saturated heterocycles. The zero-order valence-corrected chi connectivity index (χ0v) is 17.2. The summed E-state index contributed by atoms with van der Waals surface area (Å²) in [7, 11) is 0. The Kier molecular flexibility index (Phi) is 10.8. The van der Waals surface area contributed by atoms with Crippen molar-refractivity contribution in [3.05, 3.63) is 29.8 Å². The smallest absolute Gasteiger partial charge is 0.0366 e. The summed E-state index contributed by atoms with van der Waals surface area (Å²) in [6.07, 6.45) is 8.01. The molecule has 3 rings (SSSR count). The first-order valence-corrected chi connectivity index (χ1v) is 9.68. The van der Waals surface area contributed by atoms with Crippen LogP contribution in [0.2, 0.25) is 0 Å². The number of halogens is 2. The summed E-state index contributed by atoms with van der Waals surface area (Å²) in [5, 5.41) is 3.49. The summed E-state index contributed by atoms with van der Waals surface area (Å²) in [5.41, 5.74) is 2.94. The maximum absolute atomic E-state index is 3.49. The van der Waals surface area contributed by atoms with E-state index in [4.69, 9.17) is 0 Å². The fourth-order valence-corrected chi connectivity index (χ4v) is 4.02. The molecular weight excluding hydrogens is 353 g/mol. The quantitative estimate of drug-likeness (QED) is 0.686. The molecule has 3 nitrogen and oxygen atoms in total. The van der Waals surface area contributed by atoms with Gasteiger partial charge in [-0.1, -0.05) is 38.3 Å². The SMILES string of the molecule is CCCCC[C@H](c1ccc(N2CCCC2)cc1)N1CCNCC1.Cl.Cl. The Morgan fingerprint density at radius 1 is 0.920 bits per heavy atom. The molecule has 1 aromatic carbocycles. The number of nitrogens with one attached hydrogen (secondary N) is 1. The highest BCUT2D eigenvalue weighted by Gasteiger charge is 2.22. The van der Waals surface area contributed by atoms with Gasteiger partial charge in [-0.3, -0.25) is 4.90 Å². The van der Waals surface area contributed by atoms with E-state index >= 15 is 0 Å². The van der Waals surface area contributed by atoms with E-state index in [0.29, 0.717) is 6.04 Å². The summed E-state index contributed by atoms with van der Waals surface area (Å²) < 4.78 is 0. The van der Waals surface area contributed by atoms with E-state index in [1.807, 2.05) is 0 Å². The molecule has 5 heteroatoms.